The molecule has 2 heterocycles. The second kappa shape index (κ2) is 8.54. The highest BCUT2D eigenvalue weighted by atomic mass is 16.5. The van der Waals surface area contributed by atoms with Crippen LogP contribution in [0.3, 0.4) is 0 Å². The fourth-order valence-electron chi connectivity index (χ4n) is 4.53. The summed E-state index contributed by atoms with van der Waals surface area (Å²) in [6.07, 6.45) is 0.785. The first kappa shape index (κ1) is 22.8. The summed E-state index contributed by atoms with van der Waals surface area (Å²) in [6, 6.07) is 7.38. The molecular formula is C26H31N3O4. The van der Waals surface area contributed by atoms with E-state index in [1.807, 2.05) is 25.1 Å². The van der Waals surface area contributed by atoms with Crippen LogP contribution < -0.4 is 14.8 Å². The Bertz CT molecular complexity index is 1150. The average molecular weight is 450 g/mol. The molecule has 0 aliphatic carbocycles. The molecule has 0 fully saturated rings. The number of Topliss-reactive ketones (excluding diaryl/α,β-unsaturated/α-hetero) is 1. The molecule has 7 nitrogen and oxygen atoms in total. The maximum absolute atomic E-state index is 13.3. The molecule has 0 unspecified atom stereocenters. The predicted molar refractivity (Wildman–Crippen MR) is 127 cm³/mol. The zero-order chi connectivity index (χ0) is 23.9. The van der Waals surface area contributed by atoms with E-state index in [1.165, 1.54) is 0 Å². The van der Waals surface area contributed by atoms with Crippen molar-refractivity contribution in [1.29, 1.82) is 5.41 Å². The molecular weight excluding hydrogens is 418 g/mol. The van der Waals surface area contributed by atoms with Gasteiger partial charge in [0.15, 0.2) is 5.78 Å². The first-order valence-electron chi connectivity index (χ1n) is 11.4. The molecule has 0 saturated heterocycles. The third-order valence-electron chi connectivity index (χ3n) is 6.42. The number of hydrogen-bond acceptors (Lipinski definition) is 5. The Morgan fingerprint density at radius 2 is 1.97 bits per heavy atom. The molecule has 1 amide bonds. The Balaban J connectivity index is 1.61. The highest BCUT2D eigenvalue weighted by molar-refractivity contribution is 6.07. The molecule has 0 aromatic heterocycles. The zero-order valence-corrected chi connectivity index (χ0v) is 19.9. The molecule has 0 spiro atoms. The number of carbonyl (C=O) groups excluding carboxylic acids is 2. The van der Waals surface area contributed by atoms with Crippen molar-refractivity contribution in [2.24, 2.45) is 0 Å². The van der Waals surface area contributed by atoms with Crippen LogP contribution in [0.4, 0.5) is 0 Å². The highest BCUT2D eigenvalue weighted by Gasteiger charge is 2.35. The van der Waals surface area contributed by atoms with Gasteiger partial charge in [-0.1, -0.05) is 20.8 Å². The number of rotatable bonds is 7. The normalized spacial score (nSPS) is 15.7. The smallest absolute Gasteiger partial charge is 0.254 e. The van der Waals surface area contributed by atoms with E-state index in [4.69, 9.17) is 14.9 Å². The summed E-state index contributed by atoms with van der Waals surface area (Å²) >= 11 is 0. The topological polar surface area (TPSA) is 91.7 Å². The van der Waals surface area contributed by atoms with E-state index in [2.05, 4.69) is 26.1 Å². The molecule has 174 valence electrons. The minimum Gasteiger partial charge on any atom is -0.493 e. The summed E-state index contributed by atoms with van der Waals surface area (Å²) in [4.78, 5) is 27.4. The summed E-state index contributed by atoms with van der Waals surface area (Å²) in [5, 5.41) is 11.3. The molecule has 2 aromatic rings. The zero-order valence-electron chi connectivity index (χ0n) is 19.9. The maximum Gasteiger partial charge on any atom is 0.254 e. The molecule has 33 heavy (non-hydrogen) atoms. The van der Waals surface area contributed by atoms with Crippen LogP contribution in [0.25, 0.3) is 0 Å². The van der Waals surface area contributed by atoms with Gasteiger partial charge in [0, 0.05) is 35.7 Å². The lowest BCUT2D eigenvalue weighted by Crippen LogP contribution is -2.30. The van der Waals surface area contributed by atoms with Gasteiger partial charge in [0.2, 0.25) is 0 Å². The van der Waals surface area contributed by atoms with Gasteiger partial charge in [0.1, 0.15) is 17.3 Å². The molecule has 0 saturated carbocycles. The van der Waals surface area contributed by atoms with Gasteiger partial charge in [0.05, 0.1) is 25.3 Å². The van der Waals surface area contributed by atoms with Crippen molar-refractivity contribution in [3.63, 3.8) is 0 Å². The molecule has 2 aliphatic heterocycles. The predicted octanol–water partition coefficient (Wildman–Crippen LogP) is 3.70. The lowest BCUT2D eigenvalue weighted by atomic mass is 9.84. The number of nitrogens with zero attached hydrogens (tertiary/aromatic N) is 1. The monoisotopic (exact) mass is 449 g/mol. The third-order valence-corrected chi connectivity index (χ3v) is 6.42. The molecule has 2 aromatic carbocycles. The number of amidine groups is 1. The summed E-state index contributed by atoms with van der Waals surface area (Å²) < 4.78 is 11.6. The quantitative estimate of drug-likeness (QED) is 0.629. The summed E-state index contributed by atoms with van der Waals surface area (Å²) in [5.41, 5.74) is 4.54. The van der Waals surface area contributed by atoms with E-state index in [-0.39, 0.29) is 29.5 Å². The van der Waals surface area contributed by atoms with Crippen molar-refractivity contribution in [3.05, 3.63) is 57.6 Å². The SMILES string of the molecule is CCOc1cc2c(cc1C(=O)NC)C(=N)N(CC(=O)c1cc(CC)c3c(c1)C(C)(C)CO3)C2. The third kappa shape index (κ3) is 3.96. The molecule has 0 bridgehead atoms. The highest BCUT2D eigenvalue weighted by Crippen LogP contribution is 2.42. The Labute approximate surface area is 194 Å². The van der Waals surface area contributed by atoms with Crippen LogP contribution in [0.2, 0.25) is 0 Å². The van der Waals surface area contributed by atoms with Crippen LogP contribution in [0.5, 0.6) is 11.5 Å². The van der Waals surface area contributed by atoms with E-state index in [0.717, 1.165) is 28.9 Å². The van der Waals surface area contributed by atoms with Crippen molar-refractivity contribution < 1.29 is 19.1 Å². The molecule has 7 heteroatoms. The standard InChI is InChI=1S/C26H31N3O4/c1-6-15-8-16(9-20-23(15)33-14-26(20,3)4)21(30)13-29-12-17-10-22(32-7-2)19(25(31)28-5)11-18(17)24(29)27/h8-11,27H,6-7,12-14H2,1-5H3,(H,28,31). The molecule has 0 radical (unpaired) electrons. The number of ketones is 1. The van der Waals surface area contributed by atoms with Crippen molar-refractivity contribution in [3.8, 4) is 11.5 Å². The van der Waals surface area contributed by atoms with E-state index in [1.54, 1.807) is 18.0 Å². The van der Waals surface area contributed by atoms with E-state index in [0.29, 0.717) is 42.2 Å². The van der Waals surface area contributed by atoms with Crippen LogP contribution >= 0.6 is 0 Å². The lowest BCUT2D eigenvalue weighted by Gasteiger charge is -2.19. The Morgan fingerprint density at radius 3 is 2.64 bits per heavy atom. The van der Waals surface area contributed by atoms with E-state index >= 15 is 0 Å². The van der Waals surface area contributed by atoms with Gasteiger partial charge >= 0.3 is 0 Å². The fourth-order valence-corrected chi connectivity index (χ4v) is 4.53. The van der Waals surface area contributed by atoms with Gasteiger partial charge in [-0.2, -0.15) is 0 Å². The number of fused-ring (bicyclic) bond motifs is 2. The number of amides is 1. The Hall–Kier alpha value is -3.35. The lowest BCUT2D eigenvalue weighted by molar-refractivity contribution is 0.0953. The van der Waals surface area contributed by atoms with Gasteiger partial charge in [0.25, 0.3) is 5.91 Å². The van der Waals surface area contributed by atoms with E-state index in [9.17, 15) is 9.59 Å². The second-order valence-electron chi connectivity index (χ2n) is 9.18. The van der Waals surface area contributed by atoms with Gasteiger partial charge in [-0.25, -0.2) is 0 Å². The summed E-state index contributed by atoms with van der Waals surface area (Å²) in [5.74, 6) is 1.34. The first-order valence-corrected chi connectivity index (χ1v) is 11.4. The second-order valence-corrected chi connectivity index (χ2v) is 9.18. The van der Waals surface area contributed by atoms with Crippen LogP contribution in [0.15, 0.2) is 24.3 Å². The number of carbonyl (C=O) groups is 2. The number of nitrogens with one attached hydrogen (secondary N) is 2. The maximum atomic E-state index is 13.3. The molecule has 4 rings (SSSR count). The summed E-state index contributed by atoms with van der Waals surface area (Å²) in [7, 11) is 1.56. The Kier molecular flexibility index (Phi) is 5.91. The molecule has 2 aliphatic rings. The van der Waals surface area contributed by atoms with Gasteiger partial charge < -0.3 is 19.7 Å². The van der Waals surface area contributed by atoms with Crippen LogP contribution in [-0.4, -0.2) is 49.2 Å². The van der Waals surface area contributed by atoms with Crippen LogP contribution in [-0.2, 0) is 18.4 Å². The largest absolute Gasteiger partial charge is 0.493 e. The minimum absolute atomic E-state index is 0.0377. The van der Waals surface area contributed by atoms with Gasteiger partial charge in [-0.15, -0.1) is 0 Å². The Morgan fingerprint density at radius 1 is 1.21 bits per heavy atom. The van der Waals surface area contributed by atoms with Crippen molar-refractivity contribution >= 4 is 17.5 Å². The number of ether oxygens (including phenoxy) is 2. The molecule has 0 atom stereocenters. The summed E-state index contributed by atoms with van der Waals surface area (Å²) in [6.45, 7) is 9.73. The van der Waals surface area contributed by atoms with E-state index < -0.39 is 0 Å². The van der Waals surface area contributed by atoms with Gasteiger partial charge in [-0.05, 0) is 48.7 Å². The number of benzene rings is 2. The van der Waals surface area contributed by atoms with Crippen LogP contribution in [0.1, 0.15) is 70.7 Å². The fraction of sp³-hybridized carbons (Fsp3) is 0.423. The first-order chi connectivity index (χ1) is 15.7. The average Bonchev–Trinajstić information content (AvgIpc) is 3.27. The number of hydrogen-bond donors (Lipinski definition) is 2. The number of aryl methyl sites for hydroxylation is 1. The van der Waals surface area contributed by atoms with Crippen LogP contribution in [0, 0.1) is 5.41 Å². The minimum atomic E-state index is -0.265. The van der Waals surface area contributed by atoms with Crippen molar-refractivity contribution in [2.45, 2.75) is 46.1 Å². The van der Waals surface area contributed by atoms with Crippen molar-refractivity contribution in [2.75, 3.05) is 26.8 Å². The van der Waals surface area contributed by atoms with Gasteiger partial charge in [-0.3, -0.25) is 15.0 Å². The van der Waals surface area contributed by atoms with Crippen molar-refractivity contribution in [1.82, 2.24) is 10.2 Å². The molecule has 2 N–H and O–H groups in total.